The molecule has 3 aromatic carbocycles. The Labute approximate surface area is 213 Å². The van der Waals surface area contributed by atoms with Crippen LogP contribution in [0.25, 0.3) is 5.57 Å². The zero-order chi connectivity index (χ0) is 24.9. The predicted molar refractivity (Wildman–Crippen MR) is 145 cm³/mol. The van der Waals surface area contributed by atoms with Gasteiger partial charge < -0.3 is 14.0 Å². The van der Waals surface area contributed by atoms with Crippen molar-refractivity contribution in [2.24, 2.45) is 5.92 Å². The Morgan fingerprint density at radius 1 is 0.778 bits per heavy atom. The molecule has 0 radical (unpaired) electrons. The summed E-state index contributed by atoms with van der Waals surface area (Å²) in [6, 6.07) is 23.9. The third kappa shape index (κ3) is 2.72. The molecule has 0 amide bonds. The molecule has 0 bridgehead atoms. The van der Waals surface area contributed by atoms with E-state index in [1.54, 1.807) is 0 Å². The Morgan fingerprint density at radius 2 is 1.44 bits per heavy atom. The van der Waals surface area contributed by atoms with Crippen molar-refractivity contribution in [3.63, 3.8) is 0 Å². The van der Waals surface area contributed by atoms with Gasteiger partial charge in [-0.3, -0.25) is 0 Å². The molecule has 0 N–H and O–H groups in total. The van der Waals surface area contributed by atoms with Crippen molar-refractivity contribution in [3.8, 4) is 11.5 Å². The molecule has 2 aliphatic heterocycles. The second-order valence-corrected chi connectivity index (χ2v) is 11.6. The third-order valence-corrected chi connectivity index (χ3v) is 8.98. The number of benzene rings is 3. The van der Waals surface area contributed by atoms with Crippen LogP contribution in [0.5, 0.6) is 11.5 Å². The van der Waals surface area contributed by atoms with Crippen LogP contribution in [-0.2, 0) is 14.7 Å². The van der Waals surface area contributed by atoms with Crippen molar-refractivity contribution in [3.05, 3.63) is 107 Å². The Balaban J connectivity index is 1.54. The lowest BCUT2D eigenvalue weighted by atomic mass is 9.62. The van der Waals surface area contributed by atoms with Gasteiger partial charge in [-0.05, 0) is 68.4 Å². The average Bonchev–Trinajstić information content (AvgIpc) is 3.26. The van der Waals surface area contributed by atoms with Gasteiger partial charge in [0.05, 0.1) is 16.6 Å². The molecule has 1 saturated heterocycles. The summed E-state index contributed by atoms with van der Waals surface area (Å²) in [6.45, 7) is 10.7. The van der Waals surface area contributed by atoms with Crippen molar-refractivity contribution in [2.45, 2.75) is 57.7 Å². The van der Waals surface area contributed by atoms with Gasteiger partial charge in [0.25, 0.3) is 0 Å². The first-order valence-corrected chi connectivity index (χ1v) is 13.0. The molecule has 1 spiro atoms. The lowest BCUT2D eigenvalue weighted by molar-refractivity contribution is 0.00578. The molecule has 2 atom stereocenters. The summed E-state index contributed by atoms with van der Waals surface area (Å²) in [7, 11) is -0.498. The van der Waals surface area contributed by atoms with E-state index in [9.17, 15) is 0 Å². The van der Waals surface area contributed by atoms with Gasteiger partial charge in [0.2, 0.25) is 0 Å². The summed E-state index contributed by atoms with van der Waals surface area (Å²) in [5, 5.41) is 0. The van der Waals surface area contributed by atoms with E-state index >= 15 is 0 Å². The molecule has 0 aromatic heterocycles. The monoisotopic (exact) mass is 474 g/mol. The maximum absolute atomic E-state index is 6.77. The molecular weight excluding hydrogens is 443 g/mol. The highest BCUT2D eigenvalue weighted by molar-refractivity contribution is 6.63. The van der Waals surface area contributed by atoms with E-state index < -0.39 is 23.7 Å². The number of ether oxygens (including phenoxy) is 1. The molecule has 4 heteroatoms. The lowest BCUT2D eigenvalue weighted by Crippen LogP contribution is -2.41. The lowest BCUT2D eigenvalue weighted by Gasteiger charge is -2.42. The Hall–Kier alpha value is -3.08. The second-order valence-electron chi connectivity index (χ2n) is 11.6. The van der Waals surface area contributed by atoms with Gasteiger partial charge >= 0.3 is 7.12 Å². The smallest absolute Gasteiger partial charge is 0.457 e. The quantitative estimate of drug-likeness (QED) is 0.364. The molecule has 7 rings (SSSR count). The van der Waals surface area contributed by atoms with Gasteiger partial charge in [0, 0.05) is 16.6 Å². The number of hydrogen-bond acceptors (Lipinski definition) is 3. The van der Waals surface area contributed by atoms with E-state index in [0.717, 1.165) is 23.4 Å². The summed E-state index contributed by atoms with van der Waals surface area (Å²) in [6.07, 6.45) is 5.70. The summed E-state index contributed by atoms with van der Waals surface area (Å²) in [5.41, 5.74) is 7.54. The first kappa shape index (κ1) is 22.1. The van der Waals surface area contributed by atoms with Crippen LogP contribution in [0, 0.1) is 5.92 Å². The van der Waals surface area contributed by atoms with Gasteiger partial charge in [-0.2, -0.15) is 0 Å². The fourth-order valence-electron chi connectivity index (χ4n) is 6.53. The highest BCUT2D eigenvalue weighted by Crippen LogP contribution is 2.63. The average molecular weight is 474 g/mol. The van der Waals surface area contributed by atoms with Gasteiger partial charge in [-0.15, -0.1) is 0 Å². The van der Waals surface area contributed by atoms with E-state index in [0.29, 0.717) is 5.92 Å². The zero-order valence-corrected chi connectivity index (χ0v) is 21.6. The molecule has 3 nitrogen and oxygen atoms in total. The largest absolute Gasteiger partial charge is 0.498 e. The van der Waals surface area contributed by atoms with E-state index in [-0.39, 0.29) is 0 Å². The fraction of sp³-hybridized carbons (Fsp3) is 0.312. The van der Waals surface area contributed by atoms with E-state index in [4.69, 9.17) is 14.0 Å². The van der Waals surface area contributed by atoms with E-state index in [1.807, 2.05) is 0 Å². The first-order chi connectivity index (χ1) is 17.2. The minimum atomic E-state index is -0.498. The predicted octanol–water partition coefficient (Wildman–Crippen LogP) is 6.79. The van der Waals surface area contributed by atoms with Crippen LogP contribution in [0.1, 0.15) is 63.3 Å². The van der Waals surface area contributed by atoms with Gasteiger partial charge in [0.1, 0.15) is 11.5 Å². The molecule has 4 aliphatic rings. The zero-order valence-electron chi connectivity index (χ0n) is 21.6. The number of allylic oxidation sites excluding steroid dienone is 4. The van der Waals surface area contributed by atoms with Crippen LogP contribution < -0.4 is 10.2 Å². The highest BCUT2D eigenvalue weighted by atomic mass is 16.7. The standard InChI is InChI=1S/C32H31BO3/c1-20-17-18-22-21-11-6-7-12-23(21)32(26(22)19-20)24-13-8-9-16-28(24)34-29-25(32)14-10-15-27(29)33-35-30(2,3)31(4,5)36-33/h6-18,20H,19H2,1-5H3. The minimum absolute atomic E-state index is 0.408. The Morgan fingerprint density at radius 3 is 2.22 bits per heavy atom. The number of fused-ring (bicyclic) bond motifs is 8. The van der Waals surface area contributed by atoms with Gasteiger partial charge in [-0.1, -0.05) is 79.7 Å². The second kappa shape index (κ2) is 7.24. The fourth-order valence-corrected chi connectivity index (χ4v) is 6.53. The normalized spacial score (nSPS) is 26.4. The van der Waals surface area contributed by atoms with Crippen LogP contribution in [0.15, 0.2) is 84.5 Å². The Kier molecular flexibility index (Phi) is 4.46. The summed E-state index contributed by atoms with van der Waals surface area (Å²) in [4.78, 5) is 0. The molecule has 0 saturated carbocycles. The SMILES string of the molecule is CC1C=CC2=C(C1)C1(c3ccccc3Oc3c(B4OC(C)(C)C(C)(C)O4)cccc31)c1ccccc12. The van der Waals surface area contributed by atoms with Crippen molar-refractivity contribution in [2.75, 3.05) is 0 Å². The molecule has 2 unspecified atom stereocenters. The van der Waals surface area contributed by atoms with Gasteiger partial charge in [-0.25, -0.2) is 0 Å². The first-order valence-electron chi connectivity index (χ1n) is 13.0. The molecule has 3 aromatic rings. The molecule has 2 aliphatic carbocycles. The van der Waals surface area contributed by atoms with Crippen LogP contribution in [-0.4, -0.2) is 18.3 Å². The van der Waals surface area contributed by atoms with Gasteiger partial charge in [0.15, 0.2) is 0 Å². The summed E-state index contributed by atoms with van der Waals surface area (Å²) < 4.78 is 19.8. The topological polar surface area (TPSA) is 27.7 Å². The molecule has 2 heterocycles. The van der Waals surface area contributed by atoms with Crippen molar-refractivity contribution < 1.29 is 14.0 Å². The maximum Gasteiger partial charge on any atom is 0.498 e. The van der Waals surface area contributed by atoms with Crippen LogP contribution in [0.4, 0.5) is 0 Å². The number of para-hydroxylation sites is 2. The minimum Gasteiger partial charge on any atom is -0.457 e. The Bertz CT molecular complexity index is 1460. The summed E-state index contributed by atoms with van der Waals surface area (Å²) >= 11 is 0. The van der Waals surface area contributed by atoms with Crippen LogP contribution >= 0.6 is 0 Å². The van der Waals surface area contributed by atoms with Crippen molar-refractivity contribution >= 4 is 18.2 Å². The highest BCUT2D eigenvalue weighted by Gasteiger charge is 2.56. The number of hydrogen-bond donors (Lipinski definition) is 0. The van der Waals surface area contributed by atoms with Crippen LogP contribution in [0.3, 0.4) is 0 Å². The van der Waals surface area contributed by atoms with Crippen molar-refractivity contribution in [1.82, 2.24) is 0 Å². The molecule has 180 valence electrons. The molecule has 36 heavy (non-hydrogen) atoms. The van der Waals surface area contributed by atoms with Crippen molar-refractivity contribution in [1.29, 1.82) is 0 Å². The van der Waals surface area contributed by atoms with Crippen LogP contribution in [0.2, 0.25) is 0 Å². The number of rotatable bonds is 1. The molecular formula is C32H31BO3. The van der Waals surface area contributed by atoms with E-state index in [1.165, 1.54) is 33.4 Å². The summed E-state index contributed by atoms with van der Waals surface area (Å²) in [5.74, 6) is 2.24. The van der Waals surface area contributed by atoms with E-state index in [2.05, 4.69) is 114 Å². The molecule has 1 fully saturated rings. The third-order valence-electron chi connectivity index (χ3n) is 8.98. The maximum atomic E-state index is 6.77.